The molecule has 0 spiro atoms. The van der Waals surface area contributed by atoms with Crippen LogP contribution in [0.1, 0.15) is 11.1 Å². The predicted octanol–water partition coefficient (Wildman–Crippen LogP) is 1.07. The third-order valence-corrected chi connectivity index (χ3v) is 3.58. The lowest BCUT2D eigenvalue weighted by atomic mass is 10.1. The monoisotopic (exact) mass is 347 g/mol. The molecule has 1 aromatic heterocycles. The average Bonchev–Trinajstić information content (AvgIpc) is 2.59. The van der Waals surface area contributed by atoms with Gasteiger partial charge in [-0.1, -0.05) is 23.7 Å². The van der Waals surface area contributed by atoms with Crippen molar-refractivity contribution in [2.75, 3.05) is 6.61 Å². The topological polar surface area (TPSA) is 91.3 Å². The highest BCUT2D eigenvalue weighted by molar-refractivity contribution is 6.30. The fourth-order valence-electron chi connectivity index (χ4n) is 2.04. The number of carbonyl (C=O) groups excluding carboxylic acids is 2. The van der Waals surface area contributed by atoms with Gasteiger partial charge in [0.05, 0.1) is 13.0 Å². The lowest BCUT2D eigenvalue weighted by molar-refractivity contribution is -0.129. The molecule has 2 rings (SSSR count). The molecule has 1 atom stereocenters. The van der Waals surface area contributed by atoms with Crippen molar-refractivity contribution >= 4 is 23.4 Å². The first-order chi connectivity index (χ1) is 11.6. The molecule has 0 saturated heterocycles. The molecule has 0 bridgehead atoms. The molecule has 0 aliphatic rings. The maximum atomic E-state index is 12.1. The molecule has 2 amide bonds. The summed E-state index contributed by atoms with van der Waals surface area (Å²) >= 11 is 5.80. The van der Waals surface area contributed by atoms with Gasteiger partial charge in [0.1, 0.15) is 6.04 Å². The molecule has 126 valence electrons. The third kappa shape index (κ3) is 5.64. The number of nitrogens with zero attached hydrogens (tertiary/aromatic N) is 1. The van der Waals surface area contributed by atoms with Gasteiger partial charge in [-0.3, -0.25) is 14.6 Å². The van der Waals surface area contributed by atoms with Crippen LogP contribution in [-0.4, -0.2) is 34.6 Å². The van der Waals surface area contributed by atoms with Gasteiger partial charge in [0.25, 0.3) is 0 Å². The van der Waals surface area contributed by atoms with Gasteiger partial charge < -0.3 is 15.7 Å². The van der Waals surface area contributed by atoms with Gasteiger partial charge in [0.2, 0.25) is 11.8 Å². The third-order valence-electron chi connectivity index (χ3n) is 3.33. The zero-order valence-corrected chi connectivity index (χ0v) is 13.7. The highest BCUT2D eigenvalue weighted by Crippen LogP contribution is 2.09. The summed E-state index contributed by atoms with van der Waals surface area (Å²) in [6.07, 6.45) is 3.29. The van der Waals surface area contributed by atoms with Crippen molar-refractivity contribution in [2.24, 2.45) is 0 Å². The number of benzene rings is 1. The number of aliphatic hydroxyl groups is 1. The SMILES string of the molecule is O=C(Cc1ccncc1)NC(CO)C(=O)NCc1ccc(Cl)cc1. The number of nitrogens with one attached hydrogen (secondary N) is 2. The number of halogens is 1. The summed E-state index contributed by atoms with van der Waals surface area (Å²) in [7, 11) is 0. The molecule has 2 aromatic rings. The van der Waals surface area contributed by atoms with Crippen LogP contribution in [0.25, 0.3) is 0 Å². The van der Waals surface area contributed by atoms with Gasteiger partial charge in [0, 0.05) is 24.0 Å². The van der Waals surface area contributed by atoms with Crippen molar-refractivity contribution in [3.63, 3.8) is 0 Å². The number of aromatic nitrogens is 1. The molecule has 6 nitrogen and oxygen atoms in total. The van der Waals surface area contributed by atoms with Gasteiger partial charge >= 0.3 is 0 Å². The largest absolute Gasteiger partial charge is 0.394 e. The Bertz CT molecular complexity index is 677. The smallest absolute Gasteiger partial charge is 0.245 e. The fourth-order valence-corrected chi connectivity index (χ4v) is 2.17. The van der Waals surface area contributed by atoms with Gasteiger partial charge in [-0.15, -0.1) is 0 Å². The molecule has 1 aromatic carbocycles. The number of amides is 2. The van der Waals surface area contributed by atoms with Crippen molar-refractivity contribution in [3.05, 3.63) is 64.9 Å². The number of pyridine rings is 1. The lowest BCUT2D eigenvalue weighted by Gasteiger charge is -2.16. The normalized spacial score (nSPS) is 11.6. The molecular weight excluding hydrogens is 330 g/mol. The molecule has 0 aliphatic carbocycles. The Morgan fingerprint density at radius 1 is 1.08 bits per heavy atom. The number of aliphatic hydroxyl groups excluding tert-OH is 1. The second-order valence-electron chi connectivity index (χ2n) is 5.18. The minimum atomic E-state index is -0.994. The molecule has 7 heteroatoms. The maximum absolute atomic E-state index is 12.1. The molecule has 0 fully saturated rings. The summed E-state index contributed by atoms with van der Waals surface area (Å²) in [6, 6.07) is 9.47. The van der Waals surface area contributed by atoms with Gasteiger partial charge in [0.15, 0.2) is 0 Å². The lowest BCUT2D eigenvalue weighted by Crippen LogP contribution is -2.49. The van der Waals surface area contributed by atoms with E-state index in [-0.39, 0.29) is 18.9 Å². The highest BCUT2D eigenvalue weighted by atomic mass is 35.5. The number of hydrogen-bond donors (Lipinski definition) is 3. The minimum Gasteiger partial charge on any atom is -0.394 e. The summed E-state index contributed by atoms with van der Waals surface area (Å²) in [5, 5.41) is 15.1. The van der Waals surface area contributed by atoms with E-state index in [0.29, 0.717) is 5.02 Å². The molecule has 1 unspecified atom stereocenters. The van der Waals surface area contributed by atoms with E-state index in [1.54, 1.807) is 48.8 Å². The van der Waals surface area contributed by atoms with Gasteiger partial charge in [-0.25, -0.2) is 0 Å². The van der Waals surface area contributed by atoms with E-state index in [9.17, 15) is 14.7 Å². The van der Waals surface area contributed by atoms with E-state index in [0.717, 1.165) is 11.1 Å². The first kappa shape index (κ1) is 17.9. The van der Waals surface area contributed by atoms with Crippen molar-refractivity contribution in [3.8, 4) is 0 Å². The molecule has 0 aliphatic heterocycles. The van der Waals surface area contributed by atoms with Crippen LogP contribution >= 0.6 is 11.6 Å². The number of rotatable bonds is 7. The van der Waals surface area contributed by atoms with Crippen LogP contribution in [0.15, 0.2) is 48.8 Å². The first-order valence-corrected chi connectivity index (χ1v) is 7.77. The minimum absolute atomic E-state index is 0.115. The Kier molecular flexibility index (Phi) is 6.72. The summed E-state index contributed by atoms with van der Waals surface area (Å²) in [4.78, 5) is 27.9. The Morgan fingerprint density at radius 3 is 2.38 bits per heavy atom. The van der Waals surface area contributed by atoms with Crippen LogP contribution in [0.5, 0.6) is 0 Å². The van der Waals surface area contributed by atoms with Gasteiger partial charge in [-0.05, 0) is 35.4 Å². The summed E-state index contributed by atoms with van der Waals surface area (Å²) < 4.78 is 0. The van der Waals surface area contributed by atoms with Crippen LogP contribution in [0.4, 0.5) is 0 Å². The Balaban J connectivity index is 1.84. The second-order valence-corrected chi connectivity index (χ2v) is 5.62. The standard InChI is InChI=1S/C17H18ClN3O3/c18-14-3-1-13(2-4-14)10-20-17(24)15(11-22)21-16(23)9-12-5-7-19-8-6-12/h1-8,15,22H,9-11H2,(H,20,24)(H,21,23). The quantitative estimate of drug-likeness (QED) is 0.698. The second kappa shape index (κ2) is 9.00. The molecule has 0 saturated carbocycles. The van der Waals surface area contributed by atoms with E-state index >= 15 is 0 Å². The molecule has 1 heterocycles. The zero-order valence-electron chi connectivity index (χ0n) is 12.9. The summed E-state index contributed by atoms with van der Waals surface area (Å²) in [6.45, 7) is -0.193. The van der Waals surface area contributed by atoms with Crippen LogP contribution in [0.3, 0.4) is 0 Å². The Morgan fingerprint density at radius 2 is 1.75 bits per heavy atom. The van der Waals surface area contributed by atoms with Crippen LogP contribution in [-0.2, 0) is 22.6 Å². The number of carbonyl (C=O) groups is 2. The molecule has 3 N–H and O–H groups in total. The van der Waals surface area contributed by atoms with Crippen molar-refractivity contribution in [2.45, 2.75) is 19.0 Å². The van der Waals surface area contributed by atoms with E-state index < -0.39 is 18.6 Å². The fraction of sp³-hybridized carbons (Fsp3) is 0.235. The Hall–Kier alpha value is -2.44. The van der Waals surface area contributed by atoms with Crippen LogP contribution in [0, 0.1) is 0 Å². The first-order valence-electron chi connectivity index (χ1n) is 7.40. The highest BCUT2D eigenvalue weighted by Gasteiger charge is 2.19. The average molecular weight is 348 g/mol. The number of hydrogen-bond acceptors (Lipinski definition) is 4. The predicted molar refractivity (Wildman–Crippen MR) is 90.3 cm³/mol. The maximum Gasteiger partial charge on any atom is 0.245 e. The van der Waals surface area contributed by atoms with Crippen LogP contribution in [0.2, 0.25) is 5.02 Å². The van der Waals surface area contributed by atoms with Gasteiger partial charge in [-0.2, -0.15) is 0 Å². The van der Waals surface area contributed by atoms with Crippen molar-refractivity contribution < 1.29 is 14.7 Å². The van der Waals surface area contributed by atoms with Crippen molar-refractivity contribution in [1.29, 1.82) is 0 Å². The van der Waals surface area contributed by atoms with E-state index in [2.05, 4.69) is 15.6 Å². The van der Waals surface area contributed by atoms with Crippen LogP contribution < -0.4 is 10.6 Å². The zero-order chi connectivity index (χ0) is 17.4. The van der Waals surface area contributed by atoms with E-state index in [4.69, 9.17) is 11.6 Å². The van der Waals surface area contributed by atoms with E-state index in [1.807, 2.05) is 0 Å². The summed E-state index contributed by atoms with van der Waals surface area (Å²) in [5.74, 6) is -0.794. The molecule has 0 radical (unpaired) electrons. The summed E-state index contributed by atoms with van der Waals surface area (Å²) in [5.41, 5.74) is 1.65. The molecular formula is C17H18ClN3O3. The Labute approximate surface area is 144 Å². The molecule has 24 heavy (non-hydrogen) atoms. The van der Waals surface area contributed by atoms with Crippen molar-refractivity contribution in [1.82, 2.24) is 15.6 Å². The van der Waals surface area contributed by atoms with E-state index in [1.165, 1.54) is 0 Å².